The maximum atomic E-state index is 8.06. The summed E-state index contributed by atoms with van der Waals surface area (Å²) in [6.07, 6.45) is 11.4. The van der Waals surface area contributed by atoms with E-state index >= 15 is 0 Å². The van der Waals surface area contributed by atoms with Crippen molar-refractivity contribution in [3.63, 3.8) is 0 Å². The molecule has 2 atom stereocenters. The summed E-state index contributed by atoms with van der Waals surface area (Å²) in [5, 5.41) is 24.2. The van der Waals surface area contributed by atoms with Gasteiger partial charge in [-0.1, -0.05) is 31.2 Å². The van der Waals surface area contributed by atoms with Gasteiger partial charge in [-0.05, 0) is 72.1 Å². The summed E-state index contributed by atoms with van der Waals surface area (Å²) >= 11 is 0. The Labute approximate surface area is 158 Å². The third-order valence-corrected chi connectivity index (χ3v) is 2.73. The van der Waals surface area contributed by atoms with Crippen molar-refractivity contribution in [1.82, 2.24) is 0 Å². The minimum absolute atomic E-state index is 0. The van der Waals surface area contributed by atoms with Gasteiger partial charge in [0.05, 0.1) is 0 Å². The first kappa shape index (κ1) is 27.9. The van der Waals surface area contributed by atoms with Gasteiger partial charge in [-0.3, -0.25) is 0 Å². The molecule has 136 valence electrons. The molecule has 1 fully saturated rings. The standard InChI is InChI=1S/C10H14.3C3H8O.Ti/c1-8-6-9-4-2-3-5-10(9)7-8;3*1-3(2)4;/h2-5,8-10H,6-7H2,1H3;3*3-4H,1-2H3;. The van der Waals surface area contributed by atoms with Crippen molar-refractivity contribution < 1.29 is 37.0 Å². The number of aliphatic hydroxyl groups is 3. The Morgan fingerprint density at radius 1 is 0.696 bits per heavy atom. The normalized spacial score (nSPS) is 23.8. The van der Waals surface area contributed by atoms with E-state index in [4.69, 9.17) is 15.3 Å². The molecule has 23 heavy (non-hydrogen) atoms. The summed E-state index contributed by atoms with van der Waals surface area (Å²) in [5.74, 6) is 2.70. The van der Waals surface area contributed by atoms with Gasteiger partial charge in [0.2, 0.25) is 0 Å². The van der Waals surface area contributed by atoms with Crippen molar-refractivity contribution in [1.29, 1.82) is 0 Å². The van der Waals surface area contributed by atoms with Crippen molar-refractivity contribution in [3.8, 4) is 0 Å². The van der Waals surface area contributed by atoms with Crippen molar-refractivity contribution in [2.45, 2.75) is 79.6 Å². The first-order chi connectivity index (χ1) is 10.1. The van der Waals surface area contributed by atoms with Gasteiger partial charge in [0.25, 0.3) is 0 Å². The van der Waals surface area contributed by atoms with Gasteiger partial charge < -0.3 is 15.3 Å². The monoisotopic (exact) mass is 362 g/mol. The van der Waals surface area contributed by atoms with E-state index in [1.54, 1.807) is 41.5 Å². The van der Waals surface area contributed by atoms with E-state index in [1.165, 1.54) is 12.8 Å². The summed E-state index contributed by atoms with van der Waals surface area (Å²) in [7, 11) is 0. The number of fused-ring (bicyclic) bond motifs is 1. The fraction of sp³-hybridized carbons (Fsp3) is 0.789. The van der Waals surface area contributed by atoms with Crippen LogP contribution in [0.2, 0.25) is 0 Å². The zero-order chi connectivity index (χ0) is 17.7. The molecule has 2 unspecified atom stereocenters. The van der Waals surface area contributed by atoms with Crippen LogP contribution in [-0.4, -0.2) is 33.6 Å². The number of allylic oxidation sites excluding steroid dienone is 4. The smallest absolute Gasteiger partial charge is 0.0483 e. The Morgan fingerprint density at radius 3 is 1.13 bits per heavy atom. The molecule has 0 saturated heterocycles. The molecule has 0 aromatic heterocycles. The van der Waals surface area contributed by atoms with Gasteiger partial charge in [-0.2, -0.15) is 0 Å². The molecule has 0 radical (unpaired) electrons. The Bertz CT molecular complexity index is 256. The molecular formula is C19H38O3Ti. The third kappa shape index (κ3) is 24.4. The van der Waals surface area contributed by atoms with E-state index in [9.17, 15) is 0 Å². The number of aliphatic hydroxyl groups excluding tert-OH is 3. The maximum Gasteiger partial charge on any atom is 0.0483 e. The van der Waals surface area contributed by atoms with Crippen molar-refractivity contribution in [3.05, 3.63) is 24.3 Å². The SMILES string of the molecule is CC(C)O.CC(C)O.CC(C)O.CC1CC2C=CC=CC2C1.[Ti]. The molecule has 3 nitrogen and oxygen atoms in total. The Hall–Kier alpha value is 0.0743. The van der Waals surface area contributed by atoms with Crippen molar-refractivity contribution >= 4 is 0 Å². The second-order valence-corrected chi connectivity index (χ2v) is 6.96. The quantitative estimate of drug-likeness (QED) is 0.572. The van der Waals surface area contributed by atoms with Crippen LogP contribution in [0.15, 0.2) is 24.3 Å². The van der Waals surface area contributed by atoms with E-state index in [0.29, 0.717) is 0 Å². The molecule has 2 aliphatic carbocycles. The fourth-order valence-corrected chi connectivity index (χ4v) is 2.23. The molecule has 4 heteroatoms. The van der Waals surface area contributed by atoms with E-state index < -0.39 is 0 Å². The largest absolute Gasteiger partial charge is 0.394 e. The van der Waals surface area contributed by atoms with Crippen LogP contribution in [0.1, 0.15) is 61.3 Å². The summed E-state index contributed by atoms with van der Waals surface area (Å²) in [4.78, 5) is 0. The van der Waals surface area contributed by atoms with E-state index in [-0.39, 0.29) is 40.0 Å². The van der Waals surface area contributed by atoms with Gasteiger partial charge >= 0.3 is 0 Å². The molecule has 0 aromatic carbocycles. The third-order valence-electron chi connectivity index (χ3n) is 2.73. The molecule has 0 aromatic rings. The second-order valence-electron chi connectivity index (χ2n) is 6.96. The fourth-order valence-electron chi connectivity index (χ4n) is 2.23. The van der Waals surface area contributed by atoms with Crippen LogP contribution in [0.4, 0.5) is 0 Å². The van der Waals surface area contributed by atoms with Crippen LogP contribution >= 0.6 is 0 Å². The summed E-state index contributed by atoms with van der Waals surface area (Å²) in [5.41, 5.74) is 0. The first-order valence-electron chi connectivity index (χ1n) is 8.45. The summed E-state index contributed by atoms with van der Waals surface area (Å²) in [6, 6.07) is 0. The number of rotatable bonds is 0. The van der Waals surface area contributed by atoms with Crippen LogP contribution in [0.3, 0.4) is 0 Å². The number of hydrogen-bond donors (Lipinski definition) is 3. The summed E-state index contributed by atoms with van der Waals surface area (Å²) in [6.45, 7) is 12.7. The molecule has 1 saturated carbocycles. The minimum Gasteiger partial charge on any atom is -0.394 e. The minimum atomic E-state index is -0.167. The molecule has 0 spiro atoms. The Morgan fingerprint density at radius 2 is 0.913 bits per heavy atom. The van der Waals surface area contributed by atoms with Crippen molar-refractivity contribution in [2.24, 2.45) is 17.8 Å². The van der Waals surface area contributed by atoms with Crippen LogP contribution < -0.4 is 0 Å². The molecule has 0 bridgehead atoms. The van der Waals surface area contributed by atoms with E-state index in [1.807, 2.05) is 0 Å². The first-order valence-corrected chi connectivity index (χ1v) is 8.45. The van der Waals surface area contributed by atoms with Gasteiger partial charge in [0.1, 0.15) is 0 Å². The van der Waals surface area contributed by atoms with Crippen LogP contribution in [0.5, 0.6) is 0 Å². The molecular weight excluding hydrogens is 324 g/mol. The molecule has 0 aliphatic heterocycles. The Kier molecular flexibility index (Phi) is 20.5. The zero-order valence-corrected chi connectivity index (χ0v) is 17.6. The Balaban J connectivity index is -0.000000264. The molecule has 2 rings (SSSR count). The van der Waals surface area contributed by atoms with Crippen LogP contribution in [-0.2, 0) is 21.7 Å². The molecule has 3 N–H and O–H groups in total. The topological polar surface area (TPSA) is 60.7 Å². The van der Waals surface area contributed by atoms with Crippen LogP contribution in [0.25, 0.3) is 0 Å². The molecule has 2 aliphatic rings. The second kappa shape index (κ2) is 16.9. The summed E-state index contributed by atoms with van der Waals surface area (Å²) < 4.78 is 0. The van der Waals surface area contributed by atoms with E-state index in [0.717, 1.165) is 17.8 Å². The molecule has 0 heterocycles. The van der Waals surface area contributed by atoms with Gasteiger partial charge in [0, 0.05) is 40.0 Å². The van der Waals surface area contributed by atoms with Crippen molar-refractivity contribution in [2.75, 3.05) is 0 Å². The van der Waals surface area contributed by atoms with Gasteiger partial charge in [-0.25, -0.2) is 0 Å². The van der Waals surface area contributed by atoms with Gasteiger partial charge in [0.15, 0.2) is 0 Å². The average molecular weight is 362 g/mol. The van der Waals surface area contributed by atoms with Gasteiger partial charge in [-0.15, -0.1) is 0 Å². The maximum absolute atomic E-state index is 8.06. The number of hydrogen-bond acceptors (Lipinski definition) is 3. The predicted octanol–water partition coefficient (Wildman–Crippen LogP) is 3.93. The molecule has 0 amide bonds. The zero-order valence-electron chi connectivity index (χ0n) is 16.0. The predicted molar refractivity (Wildman–Crippen MR) is 95.7 cm³/mol. The average Bonchev–Trinajstić information content (AvgIpc) is 2.66. The van der Waals surface area contributed by atoms with Crippen LogP contribution in [0, 0.1) is 17.8 Å². The van der Waals surface area contributed by atoms with E-state index in [2.05, 4.69) is 31.2 Å².